The zero-order valence-electron chi connectivity index (χ0n) is 19.2. The largest absolute Gasteiger partial charge is 0.356 e. The molecule has 172 valence electrons. The van der Waals surface area contributed by atoms with Crippen LogP contribution in [-0.4, -0.2) is 35.3 Å². The average molecular weight is 445 g/mol. The Morgan fingerprint density at radius 2 is 1.82 bits per heavy atom. The van der Waals surface area contributed by atoms with Crippen molar-refractivity contribution in [2.24, 2.45) is 5.92 Å². The zero-order chi connectivity index (χ0) is 23.0. The van der Waals surface area contributed by atoms with Gasteiger partial charge < -0.3 is 10.2 Å². The number of hydrogen-bond acceptors (Lipinski definition) is 4. The number of rotatable bonds is 8. The fourth-order valence-corrected chi connectivity index (χ4v) is 4.32. The van der Waals surface area contributed by atoms with Crippen LogP contribution in [0.4, 0.5) is 5.82 Å². The lowest BCUT2D eigenvalue weighted by molar-refractivity contribution is -0.125. The second-order valence-corrected chi connectivity index (χ2v) is 8.63. The van der Waals surface area contributed by atoms with Gasteiger partial charge in [-0.05, 0) is 61.4 Å². The van der Waals surface area contributed by atoms with Crippen molar-refractivity contribution in [3.63, 3.8) is 0 Å². The molecule has 6 heteroatoms. The van der Waals surface area contributed by atoms with E-state index in [4.69, 9.17) is 0 Å². The molecule has 4 rings (SSSR count). The summed E-state index contributed by atoms with van der Waals surface area (Å²) in [7, 11) is 0. The van der Waals surface area contributed by atoms with E-state index in [0.29, 0.717) is 13.1 Å². The summed E-state index contributed by atoms with van der Waals surface area (Å²) in [6.45, 7) is 4.23. The lowest BCUT2D eigenvalue weighted by Gasteiger charge is -2.33. The summed E-state index contributed by atoms with van der Waals surface area (Å²) in [5.74, 6) is 0.772. The topological polar surface area (TPSA) is 67.2 Å². The van der Waals surface area contributed by atoms with Crippen LogP contribution in [0.2, 0.25) is 0 Å². The van der Waals surface area contributed by atoms with Crippen molar-refractivity contribution in [1.29, 1.82) is 0 Å². The fraction of sp³-hybridized carbons (Fsp3) is 0.370. The van der Waals surface area contributed by atoms with Gasteiger partial charge in [0.2, 0.25) is 5.91 Å². The zero-order valence-corrected chi connectivity index (χ0v) is 19.2. The lowest BCUT2D eigenvalue weighted by atomic mass is 9.97. The second kappa shape index (κ2) is 10.9. The molecule has 1 aliphatic rings. The molecule has 0 bridgehead atoms. The van der Waals surface area contributed by atoms with E-state index in [1.165, 1.54) is 15.8 Å². The Morgan fingerprint density at radius 3 is 2.58 bits per heavy atom. The number of nitrogens with one attached hydrogen (secondary N) is 1. The van der Waals surface area contributed by atoms with Crippen LogP contribution in [0.1, 0.15) is 37.3 Å². The van der Waals surface area contributed by atoms with Crippen LogP contribution in [0.3, 0.4) is 0 Å². The maximum Gasteiger partial charge on any atom is 0.271 e. The maximum absolute atomic E-state index is 12.8. The Morgan fingerprint density at radius 1 is 1.03 bits per heavy atom. The molecule has 1 amide bonds. The van der Waals surface area contributed by atoms with Crippen molar-refractivity contribution >= 4 is 11.7 Å². The quantitative estimate of drug-likeness (QED) is 0.537. The summed E-state index contributed by atoms with van der Waals surface area (Å²) < 4.78 is 1.45. The molecule has 3 aromatic rings. The van der Waals surface area contributed by atoms with Gasteiger partial charge in [0.1, 0.15) is 5.82 Å². The first-order chi connectivity index (χ1) is 16.1. The summed E-state index contributed by atoms with van der Waals surface area (Å²) in [5, 5.41) is 7.73. The second-order valence-electron chi connectivity index (χ2n) is 8.63. The SMILES string of the molecule is CCc1ccc(-n2nc(N3CCC[C@@H](C(=O)NCCCc4ccccc4)C3)ccc2=O)cc1. The molecular formula is C27H32N4O2. The molecule has 1 fully saturated rings. The van der Waals surface area contributed by atoms with Gasteiger partial charge in [-0.1, -0.05) is 49.4 Å². The van der Waals surface area contributed by atoms with E-state index in [9.17, 15) is 9.59 Å². The van der Waals surface area contributed by atoms with Gasteiger partial charge in [-0.15, -0.1) is 5.10 Å². The first-order valence-electron chi connectivity index (χ1n) is 11.9. The minimum atomic E-state index is -0.160. The fourth-order valence-electron chi connectivity index (χ4n) is 4.32. The Balaban J connectivity index is 1.36. The average Bonchev–Trinajstić information content (AvgIpc) is 2.87. The van der Waals surface area contributed by atoms with Crippen LogP contribution in [0, 0.1) is 5.92 Å². The molecule has 2 aromatic carbocycles. The minimum Gasteiger partial charge on any atom is -0.356 e. The van der Waals surface area contributed by atoms with Crippen molar-refractivity contribution in [3.05, 3.63) is 88.2 Å². The van der Waals surface area contributed by atoms with Gasteiger partial charge in [0.25, 0.3) is 5.56 Å². The van der Waals surface area contributed by atoms with Crippen LogP contribution < -0.4 is 15.8 Å². The number of aromatic nitrogens is 2. The Labute approximate surface area is 195 Å². The van der Waals surface area contributed by atoms with Crippen LogP contribution in [0.25, 0.3) is 5.69 Å². The van der Waals surface area contributed by atoms with Crippen LogP contribution in [-0.2, 0) is 17.6 Å². The number of amides is 1. The molecule has 0 unspecified atom stereocenters. The third kappa shape index (κ3) is 5.89. The normalized spacial score (nSPS) is 15.9. The number of anilines is 1. The first kappa shape index (κ1) is 22.8. The number of carbonyl (C=O) groups excluding carboxylic acids is 1. The number of aryl methyl sites for hydroxylation is 2. The highest BCUT2D eigenvalue weighted by Gasteiger charge is 2.26. The van der Waals surface area contributed by atoms with Gasteiger partial charge in [0, 0.05) is 25.7 Å². The van der Waals surface area contributed by atoms with E-state index < -0.39 is 0 Å². The molecule has 1 aromatic heterocycles. The molecule has 1 N–H and O–H groups in total. The summed E-state index contributed by atoms with van der Waals surface area (Å²) in [4.78, 5) is 27.3. The third-order valence-electron chi connectivity index (χ3n) is 6.28. The van der Waals surface area contributed by atoms with E-state index >= 15 is 0 Å². The van der Waals surface area contributed by atoms with E-state index in [0.717, 1.165) is 50.2 Å². The molecule has 0 saturated carbocycles. The molecule has 6 nitrogen and oxygen atoms in total. The van der Waals surface area contributed by atoms with Crippen molar-refractivity contribution in [2.75, 3.05) is 24.5 Å². The predicted octanol–water partition coefficient (Wildman–Crippen LogP) is 3.76. The number of nitrogens with zero attached hydrogens (tertiary/aromatic N) is 3. The number of benzene rings is 2. The van der Waals surface area contributed by atoms with E-state index in [1.807, 2.05) is 42.5 Å². The molecular weight excluding hydrogens is 412 g/mol. The summed E-state index contributed by atoms with van der Waals surface area (Å²) >= 11 is 0. The number of piperidine rings is 1. The molecule has 33 heavy (non-hydrogen) atoms. The number of carbonyl (C=O) groups is 1. The first-order valence-corrected chi connectivity index (χ1v) is 11.9. The maximum atomic E-state index is 12.8. The van der Waals surface area contributed by atoms with Crippen LogP contribution in [0.15, 0.2) is 71.5 Å². The van der Waals surface area contributed by atoms with Gasteiger partial charge in [-0.25, -0.2) is 0 Å². The highest BCUT2D eigenvalue weighted by atomic mass is 16.2. The minimum absolute atomic E-state index is 0.0681. The molecule has 1 saturated heterocycles. The Bertz CT molecular complexity index is 1110. The van der Waals surface area contributed by atoms with Crippen molar-refractivity contribution in [3.8, 4) is 5.69 Å². The van der Waals surface area contributed by atoms with Crippen molar-refractivity contribution < 1.29 is 4.79 Å². The molecule has 0 aliphatic carbocycles. The summed E-state index contributed by atoms with van der Waals surface area (Å²) in [6, 6.07) is 21.6. The van der Waals surface area contributed by atoms with Gasteiger partial charge >= 0.3 is 0 Å². The van der Waals surface area contributed by atoms with Crippen LogP contribution in [0.5, 0.6) is 0 Å². The standard InChI is InChI=1S/C27H32N4O2/c1-2-21-12-14-24(15-13-21)31-26(32)17-16-25(29-31)30-19-7-11-23(20-30)27(33)28-18-6-10-22-8-4-3-5-9-22/h3-5,8-9,12-17,23H,2,6-7,10-11,18-20H2,1H3,(H,28,33)/t23-/m1/s1. The van der Waals surface area contributed by atoms with Crippen molar-refractivity contribution in [1.82, 2.24) is 15.1 Å². The summed E-state index contributed by atoms with van der Waals surface area (Å²) in [6.07, 6.45) is 4.64. The van der Waals surface area contributed by atoms with Crippen LogP contribution >= 0.6 is 0 Å². The lowest BCUT2D eigenvalue weighted by Crippen LogP contribution is -2.44. The van der Waals surface area contributed by atoms with Gasteiger partial charge in [-0.3, -0.25) is 9.59 Å². The van der Waals surface area contributed by atoms with E-state index in [2.05, 4.69) is 34.4 Å². The van der Waals surface area contributed by atoms with E-state index in [-0.39, 0.29) is 17.4 Å². The molecule has 1 aliphatic heterocycles. The van der Waals surface area contributed by atoms with Gasteiger partial charge in [-0.2, -0.15) is 4.68 Å². The monoisotopic (exact) mass is 444 g/mol. The third-order valence-corrected chi connectivity index (χ3v) is 6.28. The smallest absolute Gasteiger partial charge is 0.271 e. The Hall–Kier alpha value is -3.41. The summed E-state index contributed by atoms with van der Waals surface area (Å²) in [5.41, 5.74) is 3.11. The molecule has 0 spiro atoms. The molecule has 2 heterocycles. The van der Waals surface area contributed by atoms with Crippen molar-refractivity contribution in [2.45, 2.75) is 39.0 Å². The van der Waals surface area contributed by atoms with Gasteiger partial charge in [0.15, 0.2) is 0 Å². The van der Waals surface area contributed by atoms with E-state index in [1.54, 1.807) is 12.1 Å². The van der Waals surface area contributed by atoms with Gasteiger partial charge in [0.05, 0.1) is 11.6 Å². The highest BCUT2D eigenvalue weighted by molar-refractivity contribution is 5.79. The molecule has 0 radical (unpaired) electrons. The molecule has 1 atom stereocenters. The highest BCUT2D eigenvalue weighted by Crippen LogP contribution is 2.21. The number of hydrogen-bond donors (Lipinski definition) is 1. The predicted molar refractivity (Wildman–Crippen MR) is 132 cm³/mol. The Kier molecular flexibility index (Phi) is 7.55.